The molecule has 0 bridgehead atoms. The number of unbranched alkanes of at least 4 members (excludes halogenated alkanes) is 1. The van der Waals surface area contributed by atoms with Crippen LogP contribution in [-0.2, 0) is 18.5 Å². The van der Waals surface area contributed by atoms with E-state index in [1.54, 1.807) is 0 Å². The van der Waals surface area contributed by atoms with Gasteiger partial charge in [-0.25, -0.2) is 9.67 Å². The van der Waals surface area contributed by atoms with Gasteiger partial charge in [0.05, 0.1) is 17.4 Å². The maximum absolute atomic E-state index is 13.9. The van der Waals surface area contributed by atoms with E-state index in [9.17, 15) is 4.79 Å². The summed E-state index contributed by atoms with van der Waals surface area (Å²) in [5, 5.41) is 14.5. The van der Waals surface area contributed by atoms with Crippen LogP contribution in [0.2, 0.25) is 0 Å². The maximum atomic E-state index is 13.9. The van der Waals surface area contributed by atoms with Crippen molar-refractivity contribution in [2.75, 3.05) is 0 Å². The normalized spacial score (nSPS) is 11.6. The molecular formula is C45H37IN6O. The first-order chi connectivity index (χ1) is 26.1. The highest BCUT2D eigenvalue weighted by Crippen LogP contribution is 2.43. The third-order valence-electron chi connectivity index (χ3n) is 9.88. The van der Waals surface area contributed by atoms with E-state index in [0.29, 0.717) is 17.8 Å². The second kappa shape index (κ2) is 15.1. The van der Waals surface area contributed by atoms with E-state index in [1.165, 1.54) is 0 Å². The molecular weight excluding hydrogens is 767 g/mol. The molecule has 0 aliphatic carbocycles. The van der Waals surface area contributed by atoms with Crippen LogP contribution in [0.25, 0.3) is 33.4 Å². The molecule has 8 aromatic rings. The van der Waals surface area contributed by atoms with Gasteiger partial charge >= 0.3 is 0 Å². The Morgan fingerprint density at radius 3 is 1.87 bits per heavy atom. The summed E-state index contributed by atoms with van der Waals surface area (Å²) in [4.78, 5) is 18.8. The average molecular weight is 805 g/mol. The number of nitrogens with zero attached hydrogens (tertiary/aromatic N) is 6. The van der Waals surface area contributed by atoms with Gasteiger partial charge in [0.15, 0.2) is 5.82 Å². The van der Waals surface area contributed by atoms with Gasteiger partial charge in [0, 0.05) is 15.6 Å². The van der Waals surface area contributed by atoms with Gasteiger partial charge in [-0.3, -0.25) is 9.36 Å². The van der Waals surface area contributed by atoms with Crippen LogP contribution < -0.4 is 5.56 Å². The third kappa shape index (κ3) is 6.48. The summed E-state index contributed by atoms with van der Waals surface area (Å²) in [5.74, 6) is 1.47. The topological polar surface area (TPSA) is 78.5 Å². The number of tetrazole rings is 1. The molecule has 0 fully saturated rings. The van der Waals surface area contributed by atoms with Crippen molar-refractivity contribution in [3.63, 3.8) is 0 Å². The summed E-state index contributed by atoms with van der Waals surface area (Å²) in [6, 6.07) is 53.9. The lowest BCUT2D eigenvalue weighted by Crippen LogP contribution is -2.39. The van der Waals surface area contributed by atoms with Gasteiger partial charge in [0.2, 0.25) is 0 Å². The van der Waals surface area contributed by atoms with E-state index in [4.69, 9.17) is 15.3 Å². The molecule has 0 atom stereocenters. The van der Waals surface area contributed by atoms with Crippen molar-refractivity contribution in [3.05, 3.63) is 200 Å². The molecule has 2 aromatic heterocycles. The molecule has 8 heteroatoms. The van der Waals surface area contributed by atoms with Gasteiger partial charge in [-0.1, -0.05) is 153 Å². The number of hydrogen-bond donors (Lipinski definition) is 0. The second-order valence-electron chi connectivity index (χ2n) is 13.1. The van der Waals surface area contributed by atoms with Crippen LogP contribution in [0.15, 0.2) is 163 Å². The van der Waals surface area contributed by atoms with Gasteiger partial charge < -0.3 is 0 Å². The molecule has 7 nitrogen and oxygen atoms in total. The molecule has 0 spiro atoms. The molecule has 0 saturated heterocycles. The predicted molar refractivity (Wildman–Crippen MR) is 220 cm³/mol. The minimum atomic E-state index is -0.867. The lowest BCUT2D eigenvalue weighted by atomic mass is 9.77. The Labute approximate surface area is 322 Å². The van der Waals surface area contributed by atoms with Crippen molar-refractivity contribution in [1.29, 1.82) is 0 Å². The number of halogens is 1. The molecule has 260 valence electrons. The molecule has 53 heavy (non-hydrogen) atoms. The van der Waals surface area contributed by atoms with E-state index >= 15 is 0 Å². The summed E-state index contributed by atoms with van der Waals surface area (Å²) in [6.45, 7) is 2.60. The summed E-state index contributed by atoms with van der Waals surface area (Å²) in [7, 11) is 0. The van der Waals surface area contributed by atoms with Crippen LogP contribution in [0.3, 0.4) is 0 Å². The van der Waals surface area contributed by atoms with Crippen LogP contribution in [0.1, 0.15) is 47.8 Å². The molecule has 0 aliphatic rings. The Balaban J connectivity index is 1.23. The predicted octanol–water partition coefficient (Wildman–Crippen LogP) is 9.55. The molecule has 6 aromatic carbocycles. The first-order valence-electron chi connectivity index (χ1n) is 17.9. The summed E-state index contributed by atoms with van der Waals surface area (Å²) < 4.78 is 4.84. The summed E-state index contributed by atoms with van der Waals surface area (Å²) in [6.07, 6.45) is 2.75. The average Bonchev–Trinajstić information content (AvgIpc) is 3.70. The Kier molecular flexibility index (Phi) is 9.78. The highest BCUT2D eigenvalue weighted by molar-refractivity contribution is 14.1. The standard InChI is InChI=1S/C45H37IN6O/c1-2-3-23-42-47-41-29-28-37(46)30-40(41)44(53)51(42)31-32-24-26-33(27-25-32)38-21-13-14-22-39(38)43-48-49-50-52(43)45(34-15-7-4-8-16-34,35-17-9-5-10-18-35)36-19-11-6-12-20-36/h4-22,24-30H,2-3,23,31H2,1H3. The van der Waals surface area contributed by atoms with Crippen molar-refractivity contribution in [2.24, 2.45) is 0 Å². The second-order valence-corrected chi connectivity index (χ2v) is 14.4. The minimum Gasteiger partial charge on any atom is -0.292 e. The van der Waals surface area contributed by atoms with E-state index < -0.39 is 5.54 Å². The van der Waals surface area contributed by atoms with Crippen LogP contribution in [0.5, 0.6) is 0 Å². The molecule has 0 aliphatic heterocycles. The molecule has 2 heterocycles. The van der Waals surface area contributed by atoms with Crippen LogP contribution >= 0.6 is 22.6 Å². The fourth-order valence-corrected chi connectivity index (χ4v) is 7.81. The largest absolute Gasteiger partial charge is 0.292 e. The smallest absolute Gasteiger partial charge is 0.261 e. The lowest BCUT2D eigenvalue weighted by molar-refractivity contribution is 0.451. The van der Waals surface area contributed by atoms with Crippen molar-refractivity contribution in [3.8, 4) is 22.5 Å². The summed E-state index contributed by atoms with van der Waals surface area (Å²) >= 11 is 2.25. The molecule has 0 amide bonds. The zero-order chi connectivity index (χ0) is 36.2. The fraction of sp³-hybridized carbons (Fsp3) is 0.133. The van der Waals surface area contributed by atoms with Gasteiger partial charge in [-0.05, 0) is 91.0 Å². The van der Waals surface area contributed by atoms with Crippen LogP contribution in [0.4, 0.5) is 0 Å². The lowest BCUT2D eigenvalue weighted by Gasteiger charge is -2.36. The fourth-order valence-electron chi connectivity index (χ4n) is 7.32. The van der Waals surface area contributed by atoms with E-state index in [0.717, 1.165) is 73.1 Å². The Bertz CT molecular complexity index is 2450. The van der Waals surface area contributed by atoms with Crippen molar-refractivity contribution >= 4 is 33.5 Å². The number of aromatic nitrogens is 6. The van der Waals surface area contributed by atoms with Gasteiger partial charge in [-0.2, -0.15) is 0 Å². The van der Waals surface area contributed by atoms with Gasteiger partial charge in [0.1, 0.15) is 11.4 Å². The minimum absolute atomic E-state index is 0.000362. The zero-order valence-electron chi connectivity index (χ0n) is 29.3. The van der Waals surface area contributed by atoms with E-state index in [1.807, 2.05) is 57.8 Å². The number of benzene rings is 6. The first-order valence-corrected chi connectivity index (χ1v) is 19.0. The Morgan fingerprint density at radius 2 is 1.26 bits per heavy atom. The first kappa shape index (κ1) is 34.4. The maximum Gasteiger partial charge on any atom is 0.261 e. The highest BCUT2D eigenvalue weighted by Gasteiger charge is 2.42. The summed E-state index contributed by atoms with van der Waals surface area (Å²) in [5.41, 5.74) is 6.96. The molecule has 0 unspecified atom stereocenters. The SMILES string of the molecule is CCCCc1nc2ccc(I)cc2c(=O)n1Cc1ccc(-c2ccccc2-c2nnnn2C(c2ccccc2)(c2ccccc2)c2ccccc2)cc1. The van der Waals surface area contributed by atoms with Crippen LogP contribution in [-0.4, -0.2) is 29.8 Å². The third-order valence-corrected chi connectivity index (χ3v) is 10.6. The monoisotopic (exact) mass is 804 g/mol. The number of hydrogen-bond acceptors (Lipinski definition) is 5. The van der Waals surface area contributed by atoms with Crippen molar-refractivity contribution in [1.82, 2.24) is 29.8 Å². The van der Waals surface area contributed by atoms with Crippen molar-refractivity contribution in [2.45, 2.75) is 38.3 Å². The van der Waals surface area contributed by atoms with Gasteiger partial charge in [-0.15, -0.1) is 5.10 Å². The number of aryl methyl sites for hydroxylation is 1. The molecule has 8 rings (SSSR count). The zero-order valence-corrected chi connectivity index (χ0v) is 31.5. The van der Waals surface area contributed by atoms with Gasteiger partial charge in [0.25, 0.3) is 5.56 Å². The highest BCUT2D eigenvalue weighted by atomic mass is 127. The van der Waals surface area contributed by atoms with E-state index in [-0.39, 0.29) is 5.56 Å². The number of fused-ring (bicyclic) bond motifs is 1. The Morgan fingerprint density at radius 1 is 0.679 bits per heavy atom. The van der Waals surface area contributed by atoms with Crippen molar-refractivity contribution < 1.29 is 0 Å². The molecule has 0 saturated carbocycles. The quantitative estimate of drug-likeness (QED) is 0.0962. The number of rotatable bonds is 11. The molecule has 0 radical (unpaired) electrons. The van der Waals surface area contributed by atoms with E-state index in [2.05, 4.69) is 144 Å². The molecule has 0 N–H and O–H groups in total. The Hall–Kier alpha value is -5.74. The van der Waals surface area contributed by atoms with Crippen LogP contribution in [0, 0.1) is 3.57 Å².